The number of ether oxygens (including phenoxy) is 3. The van der Waals surface area contributed by atoms with E-state index in [1.807, 2.05) is 0 Å². The fourth-order valence-electron chi connectivity index (χ4n) is 4.63. The number of halogens is 1. The molecule has 1 saturated heterocycles. The highest BCUT2D eigenvalue weighted by Crippen LogP contribution is 2.60. The molecule has 154 valence electrons. The van der Waals surface area contributed by atoms with Crippen molar-refractivity contribution in [1.82, 2.24) is 0 Å². The number of esters is 3. The van der Waals surface area contributed by atoms with Crippen molar-refractivity contribution in [3.8, 4) is 0 Å². The first kappa shape index (κ1) is 19.9. The average Bonchev–Trinajstić information content (AvgIpc) is 3.31. The van der Waals surface area contributed by atoms with Gasteiger partial charge in [-0.2, -0.15) is 0 Å². The summed E-state index contributed by atoms with van der Waals surface area (Å²) in [5.74, 6) is -2.86. The van der Waals surface area contributed by atoms with Crippen LogP contribution in [0.25, 0.3) is 0 Å². The van der Waals surface area contributed by atoms with Crippen LogP contribution in [0.5, 0.6) is 0 Å². The summed E-state index contributed by atoms with van der Waals surface area (Å²) in [5, 5.41) is 2.60. The Labute approximate surface area is 175 Å². The van der Waals surface area contributed by atoms with Crippen LogP contribution in [-0.2, 0) is 28.6 Å². The molecule has 3 fully saturated rings. The monoisotopic (exact) mass is 465 g/mol. The Morgan fingerprint density at radius 1 is 1.17 bits per heavy atom. The van der Waals surface area contributed by atoms with Gasteiger partial charge in [0.2, 0.25) is 0 Å². The molecule has 29 heavy (non-hydrogen) atoms. The third-order valence-electron chi connectivity index (χ3n) is 5.82. The summed E-state index contributed by atoms with van der Waals surface area (Å²) in [7, 11) is 0. The van der Waals surface area contributed by atoms with Gasteiger partial charge in [0.25, 0.3) is 5.91 Å². The number of carbonyl (C=O) groups excluding carboxylic acids is 4. The van der Waals surface area contributed by atoms with E-state index in [4.69, 9.17) is 14.2 Å². The van der Waals surface area contributed by atoms with Crippen LogP contribution in [0.1, 0.15) is 23.7 Å². The zero-order valence-corrected chi connectivity index (χ0v) is 17.2. The van der Waals surface area contributed by atoms with Gasteiger partial charge in [-0.3, -0.25) is 14.4 Å². The molecule has 6 atom stereocenters. The topological polar surface area (TPSA) is 108 Å². The quantitative estimate of drug-likeness (QED) is 0.388. The fraction of sp³-hybridized carbons (Fsp3) is 0.500. The Bertz CT molecular complexity index is 855. The molecule has 0 unspecified atom stereocenters. The Kier molecular flexibility index (Phi) is 5.33. The molecular formula is C20H20BrNO7. The highest BCUT2D eigenvalue weighted by molar-refractivity contribution is 9.09. The van der Waals surface area contributed by atoms with Crippen LogP contribution >= 0.6 is 15.9 Å². The normalized spacial score (nSPS) is 31.3. The molecule has 0 spiro atoms. The molecule has 1 aliphatic heterocycles. The van der Waals surface area contributed by atoms with Gasteiger partial charge in [-0.1, -0.05) is 15.9 Å². The van der Waals surface area contributed by atoms with Crippen LogP contribution in [0.15, 0.2) is 24.3 Å². The zero-order valence-electron chi connectivity index (χ0n) is 15.6. The molecule has 2 saturated carbocycles. The van der Waals surface area contributed by atoms with Gasteiger partial charge < -0.3 is 19.5 Å². The lowest BCUT2D eigenvalue weighted by Crippen LogP contribution is -2.39. The van der Waals surface area contributed by atoms with Crippen molar-refractivity contribution < 1.29 is 33.4 Å². The predicted octanol–water partition coefficient (Wildman–Crippen LogP) is 1.92. The van der Waals surface area contributed by atoms with Crippen molar-refractivity contribution in [2.45, 2.75) is 24.3 Å². The van der Waals surface area contributed by atoms with Gasteiger partial charge in [0.05, 0.1) is 28.8 Å². The van der Waals surface area contributed by atoms with Gasteiger partial charge in [0.1, 0.15) is 6.10 Å². The maximum Gasteiger partial charge on any atom is 0.338 e. The number of rotatable bonds is 6. The number of anilines is 1. The van der Waals surface area contributed by atoms with Crippen molar-refractivity contribution >= 4 is 45.4 Å². The van der Waals surface area contributed by atoms with Gasteiger partial charge in [0.15, 0.2) is 6.61 Å². The summed E-state index contributed by atoms with van der Waals surface area (Å²) in [6.45, 7) is 1.54. The molecule has 1 heterocycles. The Hall–Kier alpha value is -2.42. The van der Waals surface area contributed by atoms with Crippen molar-refractivity contribution in [2.24, 2.45) is 23.7 Å². The molecule has 3 aliphatic rings. The Balaban J connectivity index is 1.30. The largest absolute Gasteiger partial charge is 0.462 e. The first-order chi connectivity index (χ1) is 13.9. The molecule has 8 nitrogen and oxygen atoms in total. The lowest BCUT2D eigenvalue weighted by molar-refractivity contribution is -0.157. The molecule has 4 rings (SSSR count). The molecule has 1 amide bonds. The second-order valence-corrected chi connectivity index (χ2v) is 8.47. The number of carbonyl (C=O) groups is 4. The highest BCUT2D eigenvalue weighted by Gasteiger charge is 2.68. The van der Waals surface area contributed by atoms with E-state index < -0.39 is 36.3 Å². The van der Waals surface area contributed by atoms with Crippen LogP contribution < -0.4 is 5.32 Å². The van der Waals surface area contributed by atoms with Gasteiger partial charge in [-0.15, -0.1) is 0 Å². The molecule has 0 radical (unpaired) electrons. The second-order valence-electron chi connectivity index (χ2n) is 7.41. The minimum Gasteiger partial charge on any atom is -0.462 e. The van der Waals surface area contributed by atoms with E-state index in [0.717, 1.165) is 6.42 Å². The third kappa shape index (κ3) is 3.52. The van der Waals surface area contributed by atoms with Crippen molar-refractivity contribution in [3.05, 3.63) is 29.8 Å². The molecule has 1 aromatic carbocycles. The van der Waals surface area contributed by atoms with Gasteiger partial charge in [-0.25, -0.2) is 4.79 Å². The van der Waals surface area contributed by atoms with Gasteiger partial charge >= 0.3 is 17.9 Å². The fourth-order valence-corrected chi connectivity index (χ4v) is 5.67. The highest BCUT2D eigenvalue weighted by atomic mass is 79.9. The molecule has 2 aliphatic carbocycles. The van der Waals surface area contributed by atoms with Gasteiger partial charge in [0, 0.05) is 11.6 Å². The zero-order chi connectivity index (χ0) is 20.7. The van der Waals surface area contributed by atoms with Crippen LogP contribution in [0.2, 0.25) is 0 Å². The summed E-state index contributed by atoms with van der Waals surface area (Å²) in [4.78, 5) is 48.4. The second kappa shape index (κ2) is 7.78. The number of amides is 1. The number of hydrogen-bond acceptors (Lipinski definition) is 7. The van der Waals surface area contributed by atoms with E-state index in [-0.39, 0.29) is 35.3 Å². The van der Waals surface area contributed by atoms with Crippen LogP contribution in [0.3, 0.4) is 0 Å². The minimum absolute atomic E-state index is 0.0209. The van der Waals surface area contributed by atoms with Crippen LogP contribution in [0, 0.1) is 23.7 Å². The molecule has 0 aromatic heterocycles. The predicted molar refractivity (Wildman–Crippen MR) is 103 cm³/mol. The lowest BCUT2D eigenvalue weighted by atomic mass is 9.80. The first-order valence-corrected chi connectivity index (χ1v) is 10.4. The molecule has 9 heteroatoms. The van der Waals surface area contributed by atoms with Crippen LogP contribution in [-0.4, -0.2) is 48.0 Å². The molecular weight excluding hydrogens is 446 g/mol. The van der Waals surface area contributed by atoms with E-state index >= 15 is 0 Å². The number of nitrogens with one attached hydrogen (secondary N) is 1. The maximum atomic E-state index is 12.6. The van der Waals surface area contributed by atoms with E-state index in [1.54, 1.807) is 19.1 Å². The average molecular weight is 466 g/mol. The molecule has 1 N–H and O–H groups in total. The first-order valence-electron chi connectivity index (χ1n) is 9.49. The lowest BCUT2D eigenvalue weighted by Gasteiger charge is -2.26. The maximum absolute atomic E-state index is 12.6. The Morgan fingerprint density at radius 2 is 1.90 bits per heavy atom. The SMILES string of the molecule is CCOC(=O)c1ccc(NC(=O)COC(=O)[C@@H]2[C@H]3C[C@H]4[C@H](OC(=O)[C@@H]42)[C@@H]3Br)cc1. The Morgan fingerprint density at radius 3 is 2.59 bits per heavy atom. The molecule has 2 bridgehead atoms. The standard InChI is InChI=1S/C20H20BrNO7/c1-2-27-18(24)9-3-5-10(6-4-9)22-13(23)8-28-19(25)14-11-7-12-15(14)20(26)29-17(12)16(11)21/h3-6,11-12,14-17H,2,7-8H2,1H3,(H,22,23)/t11-,12-,14-,15+,16-,17+/m1/s1. The van der Waals surface area contributed by atoms with Crippen LogP contribution in [0.4, 0.5) is 5.69 Å². The van der Waals surface area contributed by atoms with Crippen molar-refractivity contribution in [3.63, 3.8) is 0 Å². The number of benzene rings is 1. The minimum atomic E-state index is -0.577. The summed E-state index contributed by atoms with van der Waals surface area (Å²) < 4.78 is 15.5. The van der Waals surface area contributed by atoms with E-state index in [1.165, 1.54) is 12.1 Å². The van der Waals surface area contributed by atoms with Crippen molar-refractivity contribution in [2.75, 3.05) is 18.5 Å². The summed E-state index contributed by atoms with van der Waals surface area (Å²) in [6, 6.07) is 6.19. The summed E-state index contributed by atoms with van der Waals surface area (Å²) >= 11 is 3.54. The van der Waals surface area contributed by atoms with Crippen molar-refractivity contribution in [1.29, 1.82) is 0 Å². The number of hydrogen-bond donors (Lipinski definition) is 1. The van der Waals surface area contributed by atoms with Gasteiger partial charge in [-0.05, 0) is 43.5 Å². The van der Waals surface area contributed by atoms with E-state index in [2.05, 4.69) is 21.2 Å². The molecule has 1 aromatic rings. The number of fused-ring (bicyclic) bond motifs is 1. The van der Waals surface area contributed by atoms with E-state index in [9.17, 15) is 19.2 Å². The summed E-state index contributed by atoms with van der Waals surface area (Å²) in [5.41, 5.74) is 0.834. The van der Waals surface area contributed by atoms with E-state index in [0.29, 0.717) is 11.3 Å². The summed E-state index contributed by atoms with van der Waals surface area (Å²) in [6.07, 6.45) is 0.581. The number of alkyl halides is 1. The third-order valence-corrected chi connectivity index (χ3v) is 7.02. The smallest absolute Gasteiger partial charge is 0.338 e.